The van der Waals surface area contributed by atoms with Gasteiger partial charge in [-0.1, -0.05) is 6.07 Å². The molecular formula is C12H16ClN2O2-. The summed E-state index contributed by atoms with van der Waals surface area (Å²) >= 11 is 0. The van der Waals surface area contributed by atoms with E-state index in [1.165, 1.54) is 5.56 Å². The Balaban J connectivity index is 0.00000144. The maximum atomic E-state index is 10.8. The predicted octanol–water partition coefficient (Wildman–Crippen LogP) is -1.62. The van der Waals surface area contributed by atoms with E-state index in [1.807, 2.05) is 12.3 Å². The lowest BCUT2D eigenvalue weighted by Crippen LogP contribution is -3.00. The van der Waals surface area contributed by atoms with E-state index in [2.05, 4.69) is 16.0 Å². The molecule has 1 aromatic rings. The number of piperidine rings is 1. The van der Waals surface area contributed by atoms with Crippen LogP contribution in [-0.2, 0) is 11.3 Å². The molecule has 1 aliphatic rings. The van der Waals surface area contributed by atoms with Crippen LogP contribution in [0.25, 0.3) is 0 Å². The molecule has 1 saturated heterocycles. The van der Waals surface area contributed by atoms with E-state index in [4.69, 9.17) is 5.11 Å². The molecule has 0 unspecified atom stereocenters. The van der Waals surface area contributed by atoms with E-state index in [9.17, 15) is 4.79 Å². The van der Waals surface area contributed by atoms with Crippen LogP contribution in [0.4, 0.5) is 0 Å². The van der Waals surface area contributed by atoms with Gasteiger partial charge in [0.2, 0.25) is 0 Å². The van der Waals surface area contributed by atoms with Gasteiger partial charge in [-0.3, -0.25) is 14.7 Å². The van der Waals surface area contributed by atoms with Crippen molar-refractivity contribution in [1.82, 2.24) is 9.88 Å². The number of carbonyl (C=O) groups is 1. The Bertz CT molecular complexity index is 351. The van der Waals surface area contributed by atoms with E-state index in [1.54, 1.807) is 6.20 Å². The van der Waals surface area contributed by atoms with Crippen LogP contribution in [0.15, 0.2) is 24.5 Å². The lowest BCUT2D eigenvalue weighted by Gasteiger charge is -2.29. The SMILES string of the molecule is O=C(O)C1CCN(Cc2cccnc2)CC1.[Cl-]. The van der Waals surface area contributed by atoms with Crippen LogP contribution >= 0.6 is 0 Å². The van der Waals surface area contributed by atoms with Gasteiger partial charge >= 0.3 is 5.97 Å². The second-order valence-electron chi connectivity index (χ2n) is 4.25. The second-order valence-corrected chi connectivity index (χ2v) is 4.25. The number of hydrogen-bond acceptors (Lipinski definition) is 3. The van der Waals surface area contributed by atoms with Crippen molar-refractivity contribution in [2.24, 2.45) is 5.92 Å². The average Bonchev–Trinajstić information content (AvgIpc) is 2.31. The summed E-state index contributed by atoms with van der Waals surface area (Å²) in [7, 11) is 0. The molecule has 2 heterocycles. The first-order valence-corrected chi connectivity index (χ1v) is 5.60. The van der Waals surface area contributed by atoms with Gasteiger partial charge in [0.15, 0.2) is 0 Å². The molecule has 1 aromatic heterocycles. The fourth-order valence-electron chi connectivity index (χ4n) is 2.09. The highest BCUT2D eigenvalue weighted by Gasteiger charge is 2.24. The summed E-state index contributed by atoms with van der Waals surface area (Å²) < 4.78 is 0. The number of carboxylic acid groups (broad SMARTS) is 1. The molecule has 0 aromatic carbocycles. The van der Waals surface area contributed by atoms with Crippen LogP contribution in [0.1, 0.15) is 18.4 Å². The van der Waals surface area contributed by atoms with Crippen LogP contribution in [0, 0.1) is 5.92 Å². The lowest BCUT2D eigenvalue weighted by molar-refractivity contribution is -0.143. The van der Waals surface area contributed by atoms with E-state index in [0.717, 1.165) is 32.5 Å². The highest BCUT2D eigenvalue weighted by Crippen LogP contribution is 2.18. The van der Waals surface area contributed by atoms with Gasteiger partial charge in [-0.25, -0.2) is 0 Å². The first-order valence-electron chi connectivity index (χ1n) is 5.60. The van der Waals surface area contributed by atoms with Crippen LogP contribution < -0.4 is 12.4 Å². The maximum Gasteiger partial charge on any atom is 0.306 e. The molecule has 5 heteroatoms. The average molecular weight is 256 g/mol. The Labute approximate surface area is 107 Å². The molecule has 0 amide bonds. The second kappa shape index (κ2) is 6.57. The zero-order chi connectivity index (χ0) is 11.4. The summed E-state index contributed by atoms with van der Waals surface area (Å²) in [5.41, 5.74) is 1.19. The molecule has 4 nitrogen and oxygen atoms in total. The van der Waals surface area contributed by atoms with E-state index in [-0.39, 0.29) is 18.3 Å². The minimum atomic E-state index is -0.652. The first kappa shape index (κ1) is 13.9. The molecule has 94 valence electrons. The number of aliphatic carboxylic acids is 1. The minimum Gasteiger partial charge on any atom is -1.00 e. The Morgan fingerprint density at radius 2 is 2.18 bits per heavy atom. The fraction of sp³-hybridized carbons (Fsp3) is 0.500. The molecule has 1 N–H and O–H groups in total. The topological polar surface area (TPSA) is 53.4 Å². The van der Waals surface area contributed by atoms with Gasteiger partial charge < -0.3 is 17.5 Å². The Morgan fingerprint density at radius 1 is 1.47 bits per heavy atom. The summed E-state index contributed by atoms with van der Waals surface area (Å²) in [4.78, 5) is 17.2. The van der Waals surface area contributed by atoms with Gasteiger partial charge in [0, 0.05) is 18.9 Å². The van der Waals surface area contributed by atoms with Gasteiger partial charge in [-0.15, -0.1) is 0 Å². The minimum absolute atomic E-state index is 0. The van der Waals surface area contributed by atoms with Gasteiger partial charge in [-0.2, -0.15) is 0 Å². The number of halogens is 1. The molecule has 0 atom stereocenters. The monoisotopic (exact) mass is 255 g/mol. The van der Waals surface area contributed by atoms with Crippen LogP contribution in [0.3, 0.4) is 0 Å². The van der Waals surface area contributed by atoms with Crippen molar-refractivity contribution in [3.05, 3.63) is 30.1 Å². The highest BCUT2D eigenvalue weighted by molar-refractivity contribution is 5.70. The molecule has 0 aliphatic carbocycles. The molecule has 0 bridgehead atoms. The molecule has 1 aliphatic heterocycles. The van der Waals surface area contributed by atoms with E-state index in [0.29, 0.717) is 0 Å². The van der Waals surface area contributed by atoms with E-state index >= 15 is 0 Å². The Morgan fingerprint density at radius 3 is 2.71 bits per heavy atom. The molecule has 0 saturated carbocycles. The van der Waals surface area contributed by atoms with Crippen molar-refractivity contribution in [3.8, 4) is 0 Å². The third-order valence-corrected chi connectivity index (χ3v) is 3.07. The zero-order valence-corrected chi connectivity index (χ0v) is 10.3. The van der Waals surface area contributed by atoms with Crippen molar-refractivity contribution >= 4 is 5.97 Å². The quantitative estimate of drug-likeness (QED) is 0.706. The number of aromatic nitrogens is 1. The van der Waals surface area contributed by atoms with E-state index < -0.39 is 5.97 Å². The normalized spacial score (nSPS) is 17.4. The van der Waals surface area contributed by atoms with Crippen LogP contribution in [0.2, 0.25) is 0 Å². The van der Waals surface area contributed by atoms with Gasteiger partial charge in [0.1, 0.15) is 0 Å². The number of nitrogens with zero attached hydrogens (tertiary/aromatic N) is 2. The number of rotatable bonds is 3. The molecule has 17 heavy (non-hydrogen) atoms. The lowest BCUT2D eigenvalue weighted by atomic mass is 9.97. The zero-order valence-electron chi connectivity index (χ0n) is 9.55. The van der Waals surface area contributed by atoms with Crippen LogP contribution in [-0.4, -0.2) is 34.0 Å². The molecule has 0 radical (unpaired) electrons. The summed E-state index contributed by atoms with van der Waals surface area (Å²) in [6, 6.07) is 3.98. The summed E-state index contributed by atoms with van der Waals surface area (Å²) in [6.07, 6.45) is 5.15. The van der Waals surface area contributed by atoms with Crippen molar-refractivity contribution in [2.75, 3.05) is 13.1 Å². The molecule has 2 rings (SSSR count). The molecular weight excluding hydrogens is 240 g/mol. The predicted molar refractivity (Wildman–Crippen MR) is 59.9 cm³/mol. The molecule has 0 spiro atoms. The van der Waals surface area contributed by atoms with Crippen LogP contribution in [0.5, 0.6) is 0 Å². The number of hydrogen-bond donors (Lipinski definition) is 1. The van der Waals surface area contributed by atoms with Gasteiger partial charge in [0.25, 0.3) is 0 Å². The summed E-state index contributed by atoms with van der Waals surface area (Å²) in [6.45, 7) is 2.61. The molecule has 1 fully saturated rings. The van der Waals surface area contributed by atoms with Gasteiger partial charge in [0.05, 0.1) is 5.92 Å². The van der Waals surface area contributed by atoms with Gasteiger partial charge in [-0.05, 0) is 37.6 Å². The smallest absolute Gasteiger partial charge is 0.306 e. The fourth-order valence-corrected chi connectivity index (χ4v) is 2.09. The highest BCUT2D eigenvalue weighted by atomic mass is 35.5. The number of pyridine rings is 1. The van der Waals surface area contributed by atoms with Crippen molar-refractivity contribution < 1.29 is 22.3 Å². The Hall–Kier alpha value is -1.13. The third kappa shape index (κ3) is 3.98. The number of carboxylic acids is 1. The summed E-state index contributed by atoms with van der Waals surface area (Å²) in [5, 5.41) is 8.89. The third-order valence-electron chi connectivity index (χ3n) is 3.07. The van der Waals surface area contributed by atoms with Crippen molar-refractivity contribution in [2.45, 2.75) is 19.4 Å². The van der Waals surface area contributed by atoms with Crippen molar-refractivity contribution in [3.63, 3.8) is 0 Å². The van der Waals surface area contributed by atoms with Crippen molar-refractivity contribution in [1.29, 1.82) is 0 Å². The standard InChI is InChI=1S/C12H16N2O2.ClH/c15-12(16)11-3-6-14(7-4-11)9-10-2-1-5-13-8-10;/h1-2,5,8,11H,3-4,6-7,9H2,(H,15,16);1H/p-1. The summed E-state index contributed by atoms with van der Waals surface area (Å²) in [5.74, 6) is -0.800. The Kier molecular flexibility index (Phi) is 5.38. The largest absolute Gasteiger partial charge is 1.00 e. The number of likely N-dealkylation sites (tertiary alicyclic amines) is 1. The first-order chi connectivity index (χ1) is 7.75. The maximum absolute atomic E-state index is 10.8.